The van der Waals surface area contributed by atoms with Crippen LogP contribution in [0.4, 0.5) is 0 Å². The number of benzene rings is 2. The van der Waals surface area contributed by atoms with Gasteiger partial charge in [-0.3, -0.25) is 9.59 Å². The van der Waals surface area contributed by atoms with Gasteiger partial charge in [-0.2, -0.15) is 0 Å². The quantitative estimate of drug-likeness (QED) is 0.562. The average Bonchev–Trinajstić information content (AvgIpc) is 2.80. The number of carbonyl (C=O) groups is 1. The molecule has 7 nitrogen and oxygen atoms in total. The van der Waals surface area contributed by atoms with Crippen molar-refractivity contribution in [3.05, 3.63) is 63.9 Å². The van der Waals surface area contributed by atoms with E-state index in [2.05, 4.69) is 11.9 Å². The molecule has 0 bridgehead atoms. The predicted octanol–water partition coefficient (Wildman–Crippen LogP) is 4.00. The number of hydrogen-bond acceptors (Lipinski definition) is 5. The van der Waals surface area contributed by atoms with Crippen LogP contribution >= 0.6 is 0 Å². The molecule has 0 fully saturated rings. The number of methoxy groups -OCH3 is 3. The van der Waals surface area contributed by atoms with E-state index in [1.807, 2.05) is 18.2 Å². The van der Waals surface area contributed by atoms with Gasteiger partial charge in [0.1, 0.15) is 17.2 Å². The van der Waals surface area contributed by atoms with Gasteiger partial charge < -0.3 is 24.1 Å². The summed E-state index contributed by atoms with van der Waals surface area (Å²) in [5.41, 5.74) is 1.45. The molecule has 2 aromatic carbocycles. The molecular weight excluding hydrogens is 396 g/mol. The highest BCUT2D eigenvalue weighted by Gasteiger charge is 2.19. The molecule has 0 radical (unpaired) electrons. The molecule has 0 aliphatic heterocycles. The number of fused-ring (bicyclic) bond motifs is 1. The van der Waals surface area contributed by atoms with Crippen molar-refractivity contribution in [1.29, 1.82) is 0 Å². The second-order valence-corrected chi connectivity index (χ2v) is 7.26. The molecule has 0 spiro atoms. The van der Waals surface area contributed by atoms with Crippen molar-refractivity contribution in [3.8, 4) is 17.2 Å². The smallest absolute Gasteiger partial charge is 0.254 e. The molecule has 7 heteroatoms. The molecule has 0 unspecified atom stereocenters. The van der Waals surface area contributed by atoms with Gasteiger partial charge in [0.15, 0.2) is 0 Å². The van der Waals surface area contributed by atoms with Crippen LogP contribution in [0.25, 0.3) is 10.9 Å². The standard InChI is InChI=1S/C24H28N2O5/c1-5-6-9-26(24(28)17-11-20(30-3)13-21(12-17)31-4)15-18-10-16-7-8-19(29-2)14-22(16)25-23(18)27/h7-8,10-14H,5-6,9,15H2,1-4H3,(H,25,27). The van der Waals surface area contributed by atoms with Gasteiger partial charge in [-0.25, -0.2) is 0 Å². The van der Waals surface area contributed by atoms with E-state index in [-0.39, 0.29) is 18.0 Å². The van der Waals surface area contributed by atoms with Crippen molar-refractivity contribution in [3.63, 3.8) is 0 Å². The predicted molar refractivity (Wildman–Crippen MR) is 120 cm³/mol. The van der Waals surface area contributed by atoms with E-state index in [1.165, 1.54) is 0 Å². The van der Waals surface area contributed by atoms with Crippen LogP contribution in [0.5, 0.6) is 17.2 Å². The second kappa shape index (κ2) is 10.0. The Morgan fingerprint density at radius 1 is 0.935 bits per heavy atom. The number of amides is 1. The lowest BCUT2D eigenvalue weighted by Crippen LogP contribution is -2.33. The number of ether oxygens (including phenoxy) is 3. The highest BCUT2D eigenvalue weighted by Crippen LogP contribution is 2.24. The summed E-state index contributed by atoms with van der Waals surface area (Å²) in [4.78, 5) is 30.7. The van der Waals surface area contributed by atoms with Crippen molar-refractivity contribution >= 4 is 16.8 Å². The summed E-state index contributed by atoms with van der Waals surface area (Å²) in [6, 6.07) is 12.4. The molecule has 0 atom stereocenters. The van der Waals surface area contributed by atoms with Crippen LogP contribution in [-0.4, -0.2) is 43.7 Å². The molecule has 31 heavy (non-hydrogen) atoms. The second-order valence-electron chi connectivity index (χ2n) is 7.26. The number of nitrogens with one attached hydrogen (secondary N) is 1. The minimum absolute atomic E-state index is 0.181. The van der Waals surface area contributed by atoms with Crippen molar-refractivity contribution < 1.29 is 19.0 Å². The summed E-state index contributed by atoms with van der Waals surface area (Å²) < 4.78 is 15.8. The van der Waals surface area contributed by atoms with Crippen LogP contribution in [0.2, 0.25) is 0 Å². The zero-order valence-corrected chi connectivity index (χ0v) is 18.4. The summed E-state index contributed by atoms with van der Waals surface area (Å²) in [5, 5.41) is 0.876. The van der Waals surface area contributed by atoms with Crippen molar-refractivity contribution in [1.82, 2.24) is 9.88 Å². The van der Waals surface area contributed by atoms with Gasteiger partial charge >= 0.3 is 0 Å². The molecule has 1 amide bonds. The SMILES string of the molecule is CCCCN(Cc1cc2ccc(OC)cc2[nH]c1=O)C(=O)c1cc(OC)cc(OC)c1. The minimum atomic E-state index is -0.224. The zero-order chi connectivity index (χ0) is 22.4. The van der Waals surface area contributed by atoms with E-state index in [0.717, 1.165) is 18.2 Å². The number of H-pyrrole nitrogens is 1. The summed E-state index contributed by atoms with van der Waals surface area (Å²) in [5.74, 6) is 1.56. The van der Waals surface area contributed by atoms with Crippen molar-refractivity contribution in [2.75, 3.05) is 27.9 Å². The lowest BCUT2D eigenvalue weighted by Gasteiger charge is -2.23. The number of carbonyl (C=O) groups excluding carboxylic acids is 1. The highest BCUT2D eigenvalue weighted by molar-refractivity contribution is 5.95. The molecule has 0 saturated carbocycles. The highest BCUT2D eigenvalue weighted by atomic mass is 16.5. The minimum Gasteiger partial charge on any atom is -0.497 e. The summed E-state index contributed by atoms with van der Waals surface area (Å²) in [7, 11) is 4.67. The van der Waals surface area contributed by atoms with Crippen molar-refractivity contribution in [2.24, 2.45) is 0 Å². The van der Waals surface area contributed by atoms with E-state index >= 15 is 0 Å². The van der Waals surface area contributed by atoms with E-state index in [0.29, 0.717) is 40.4 Å². The van der Waals surface area contributed by atoms with E-state index < -0.39 is 0 Å². The Morgan fingerprint density at radius 3 is 2.23 bits per heavy atom. The molecule has 0 aliphatic rings. The Kier molecular flexibility index (Phi) is 7.18. The molecule has 0 aliphatic carbocycles. The average molecular weight is 424 g/mol. The molecule has 3 rings (SSSR count). The van der Waals surface area contributed by atoms with Crippen LogP contribution in [0.3, 0.4) is 0 Å². The molecule has 1 aromatic heterocycles. The van der Waals surface area contributed by atoms with Crippen LogP contribution in [-0.2, 0) is 6.54 Å². The van der Waals surface area contributed by atoms with Gasteiger partial charge in [0.05, 0.1) is 33.4 Å². The van der Waals surface area contributed by atoms with Crippen LogP contribution in [0, 0.1) is 0 Å². The number of aromatic nitrogens is 1. The maximum absolute atomic E-state index is 13.3. The number of pyridine rings is 1. The summed E-state index contributed by atoms with van der Waals surface area (Å²) in [6.07, 6.45) is 1.76. The fourth-order valence-corrected chi connectivity index (χ4v) is 3.39. The molecule has 1 N–H and O–H groups in total. The molecule has 1 heterocycles. The Bertz CT molecular complexity index is 1100. The number of aromatic amines is 1. The lowest BCUT2D eigenvalue weighted by atomic mass is 10.1. The Balaban J connectivity index is 1.95. The van der Waals surface area contributed by atoms with Gasteiger partial charge in [-0.15, -0.1) is 0 Å². The van der Waals surface area contributed by atoms with E-state index in [4.69, 9.17) is 14.2 Å². The summed E-state index contributed by atoms with van der Waals surface area (Å²) in [6.45, 7) is 2.80. The maximum Gasteiger partial charge on any atom is 0.254 e. The summed E-state index contributed by atoms with van der Waals surface area (Å²) >= 11 is 0. The number of unbranched alkanes of at least 4 members (excludes halogenated alkanes) is 1. The van der Waals surface area contributed by atoms with Gasteiger partial charge in [-0.05, 0) is 42.1 Å². The van der Waals surface area contributed by atoms with Crippen LogP contribution < -0.4 is 19.8 Å². The van der Waals surface area contributed by atoms with Crippen LogP contribution in [0.1, 0.15) is 35.7 Å². The normalized spacial score (nSPS) is 10.7. The van der Waals surface area contributed by atoms with E-state index in [9.17, 15) is 9.59 Å². The monoisotopic (exact) mass is 424 g/mol. The largest absolute Gasteiger partial charge is 0.497 e. The lowest BCUT2D eigenvalue weighted by molar-refractivity contribution is 0.0739. The van der Waals surface area contributed by atoms with Gasteiger partial charge in [0.25, 0.3) is 11.5 Å². The Morgan fingerprint density at radius 2 is 1.61 bits per heavy atom. The first-order valence-electron chi connectivity index (χ1n) is 10.2. The van der Waals surface area contributed by atoms with E-state index in [1.54, 1.807) is 50.5 Å². The zero-order valence-electron chi connectivity index (χ0n) is 18.4. The fraction of sp³-hybridized carbons (Fsp3) is 0.333. The first kappa shape index (κ1) is 22.2. The first-order valence-corrected chi connectivity index (χ1v) is 10.2. The van der Waals surface area contributed by atoms with Gasteiger partial charge in [0, 0.05) is 29.8 Å². The molecule has 164 valence electrons. The fourth-order valence-electron chi connectivity index (χ4n) is 3.39. The number of rotatable bonds is 9. The maximum atomic E-state index is 13.3. The molecule has 0 saturated heterocycles. The third-order valence-electron chi connectivity index (χ3n) is 5.16. The first-order chi connectivity index (χ1) is 15.0. The number of nitrogens with zero attached hydrogens (tertiary/aromatic N) is 1. The third-order valence-corrected chi connectivity index (χ3v) is 5.16. The molecule has 3 aromatic rings. The topological polar surface area (TPSA) is 80.9 Å². The van der Waals surface area contributed by atoms with Gasteiger partial charge in [0.2, 0.25) is 0 Å². The molecular formula is C24H28N2O5. The van der Waals surface area contributed by atoms with Gasteiger partial charge in [-0.1, -0.05) is 13.3 Å². The number of hydrogen-bond donors (Lipinski definition) is 1. The van der Waals surface area contributed by atoms with Crippen molar-refractivity contribution in [2.45, 2.75) is 26.3 Å². The van der Waals surface area contributed by atoms with Crippen LogP contribution in [0.15, 0.2) is 47.3 Å². The Hall–Kier alpha value is -3.48. The third kappa shape index (κ3) is 5.17. The Labute approximate surface area is 181 Å².